The predicted molar refractivity (Wildman–Crippen MR) is 112 cm³/mol. The maximum Gasteiger partial charge on any atom is 0.223 e. The summed E-state index contributed by atoms with van der Waals surface area (Å²) in [6, 6.07) is 19.3. The molecule has 2 aromatic rings. The van der Waals surface area contributed by atoms with Gasteiger partial charge in [0.05, 0.1) is 0 Å². The molecule has 1 aliphatic heterocycles. The summed E-state index contributed by atoms with van der Waals surface area (Å²) in [7, 11) is 0. The van der Waals surface area contributed by atoms with Crippen LogP contribution in [0.2, 0.25) is 0 Å². The number of hydrogen-bond donors (Lipinski definition) is 1. The average molecular weight is 365 g/mol. The fourth-order valence-corrected chi connectivity index (χ4v) is 3.84. The smallest absolute Gasteiger partial charge is 0.223 e. The van der Waals surface area contributed by atoms with Crippen LogP contribution in [0.4, 0.5) is 0 Å². The molecule has 1 heterocycles. The molecular weight excluding hydrogens is 332 g/mol. The largest absolute Gasteiger partial charge is 0.353 e. The number of likely N-dealkylation sites (tertiary alicyclic amines) is 1. The summed E-state index contributed by atoms with van der Waals surface area (Å²) in [6.07, 6.45) is 3.92. The molecule has 0 aliphatic carbocycles. The molecule has 1 aliphatic rings. The number of hydrogen-bond acceptors (Lipinski definition) is 2. The average Bonchev–Trinajstić information content (AvgIpc) is 2.69. The molecule has 1 saturated heterocycles. The minimum Gasteiger partial charge on any atom is -0.353 e. The lowest BCUT2D eigenvalue weighted by atomic mass is 9.94. The van der Waals surface area contributed by atoms with Gasteiger partial charge in [0.15, 0.2) is 0 Å². The summed E-state index contributed by atoms with van der Waals surface area (Å²) in [5, 5.41) is 3.24. The Morgan fingerprint density at radius 3 is 2.44 bits per heavy atom. The van der Waals surface area contributed by atoms with Crippen LogP contribution in [0.25, 0.3) is 0 Å². The number of carbonyl (C=O) groups excluding carboxylic acids is 1. The molecule has 1 atom stereocenters. The molecule has 3 rings (SSSR count). The van der Waals surface area contributed by atoms with E-state index in [0.29, 0.717) is 0 Å². The van der Waals surface area contributed by atoms with Crippen molar-refractivity contribution >= 4 is 5.91 Å². The van der Waals surface area contributed by atoms with E-state index in [9.17, 15) is 4.79 Å². The van der Waals surface area contributed by atoms with E-state index in [-0.39, 0.29) is 17.9 Å². The van der Waals surface area contributed by atoms with Crippen molar-refractivity contribution in [2.75, 3.05) is 13.1 Å². The molecule has 27 heavy (non-hydrogen) atoms. The molecule has 0 spiro atoms. The number of rotatable bonds is 7. The lowest BCUT2D eigenvalue weighted by molar-refractivity contribution is -0.127. The fourth-order valence-electron chi connectivity index (χ4n) is 3.84. The predicted octanol–water partition coefficient (Wildman–Crippen LogP) is 4.34. The van der Waals surface area contributed by atoms with E-state index in [0.717, 1.165) is 45.3 Å². The highest BCUT2D eigenvalue weighted by atomic mass is 16.1. The summed E-state index contributed by atoms with van der Waals surface area (Å²) >= 11 is 0. The first kappa shape index (κ1) is 19.6. The van der Waals surface area contributed by atoms with Crippen LogP contribution in [0.3, 0.4) is 0 Å². The fraction of sp³-hybridized carbons (Fsp3) is 0.458. The first-order chi connectivity index (χ1) is 13.1. The summed E-state index contributed by atoms with van der Waals surface area (Å²) in [5.74, 6) is 0.406. The molecule has 1 N–H and O–H groups in total. The van der Waals surface area contributed by atoms with Gasteiger partial charge in [-0.3, -0.25) is 9.69 Å². The van der Waals surface area contributed by atoms with Crippen LogP contribution in [-0.2, 0) is 17.8 Å². The molecule has 2 aromatic carbocycles. The summed E-state index contributed by atoms with van der Waals surface area (Å²) < 4.78 is 0. The Hall–Kier alpha value is -2.13. The zero-order chi connectivity index (χ0) is 19.1. The van der Waals surface area contributed by atoms with E-state index in [1.54, 1.807) is 0 Å². The monoisotopic (exact) mass is 364 g/mol. The lowest BCUT2D eigenvalue weighted by Crippen LogP contribution is -2.43. The van der Waals surface area contributed by atoms with Crippen molar-refractivity contribution in [1.82, 2.24) is 10.2 Å². The third-order valence-corrected chi connectivity index (χ3v) is 5.71. The van der Waals surface area contributed by atoms with Crippen molar-refractivity contribution in [3.05, 3.63) is 71.3 Å². The van der Waals surface area contributed by atoms with Crippen molar-refractivity contribution in [2.45, 2.75) is 52.1 Å². The molecule has 144 valence electrons. The number of piperidine rings is 1. The van der Waals surface area contributed by atoms with Gasteiger partial charge in [-0.25, -0.2) is 0 Å². The number of nitrogens with one attached hydrogen (secondary N) is 1. The molecule has 0 bridgehead atoms. The number of nitrogens with zero attached hydrogens (tertiary/aromatic N) is 1. The van der Waals surface area contributed by atoms with Crippen LogP contribution in [0, 0.1) is 12.8 Å². The lowest BCUT2D eigenvalue weighted by Gasteiger charge is -2.32. The van der Waals surface area contributed by atoms with E-state index < -0.39 is 0 Å². The topological polar surface area (TPSA) is 32.3 Å². The van der Waals surface area contributed by atoms with Gasteiger partial charge in [0.25, 0.3) is 0 Å². The van der Waals surface area contributed by atoms with E-state index >= 15 is 0 Å². The standard InChI is InChI=1S/C24H32N2O/c1-19-8-6-7-11-23(19)18-26-16-14-22(15-17-26)24(27)25-20(2)12-13-21-9-4-3-5-10-21/h3-11,20,22H,12-18H2,1-2H3,(H,25,27)/t20-/m0/s1. The Balaban J connectivity index is 1.39. The molecule has 1 amide bonds. The first-order valence-corrected chi connectivity index (χ1v) is 10.2. The summed E-state index contributed by atoms with van der Waals surface area (Å²) in [4.78, 5) is 15.1. The highest BCUT2D eigenvalue weighted by Gasteiger charge is 2.25. The summed E-state index contributed by atoms with van der Waals surface area (Å²) in [6.45, 7) is 7.30. The van der Waals surface area contributed by atoms with E-state index in [1.807, 2.05) is 6.07 Å². The van der Waals surface area contributed by atoms with E-state index in [1.165, 1.54) is 16.7 Å². The first-order valence-electron chi connectivity index (χ1n) is 10.2. The van der Waals surface area contributed by atoms with Crippen LogP contribution < -0.4 is 5.32 Å². The molecule has 0 aromatic heterocycles. The van der Waals surface area contributed by atoms with Crippen LogP contribution in [-0.4, -0.2) is 29.9 Å². The highest BCUT2D eigenvalue weighted by Crippen LogP contribution is 2.20. The number of benzene rings is 2. The number of amides is 1. The zero-order valence-corrected chi connectivity index (χ0v) is 16.7. The zero-order valence-electron chi connectivity index (χ0n) is 16.7. The van der Waals surface area contributed by atoms with E-state index in [2.05, 4.69) is 72.6 Å². The van der Waals surface area contributed by atoms with Crippen LogP contribution in [0.15, 0.2) is 54.6 Å². The second kappa shape index (κ2) is 9.70. The van der Waals surface area contributed by atoms with Gasteiger partial charge < -0.3 is 5.32 Å². The Kier molecular flexibility index (Phi) is 7.05. The number of aryl methyl sites for hydroxylation is 2. The van der Waals surface area contributed by atoms with Crippen molar-refractivity contribution in [3.8, 4) is 0 Å². The Labute approximate surface area is 163 Å². The van der Waals surface area contributed by atoms with Gasteiger partial charge in [-0.15, -0.1) is 0 Å². The van der Waals surface area contributed by atoms with Gasteiger partial charge in [-0.2, -0.15) is 0 Å². The summed E-state index contributed by atoms with van der Waals surface area (Å²) in [5.41, 5.74) is 4.09. The minimum atomic E-state index is 0.164. The number of carbonyl (C=O) groups is 1. The second-order valence-electron chi connectivity index (χ2n) is 7.91. The minimum absolute atomic E-state index is 0.164. The van der Waals surface area contributed by atoms with Crippen LogP contribution in [0.1, 0.15) is 42.9 Å². The normalized spacial score (nSPS) is 16.8. The molecule has 3 heteroatoms. The van der Waals surface area contributed by atoms with Gasteiger partial charge in [0.2, 0.25) is 5.91 Å². The second-order valence-corrected chi connectivity index (χ2v) is 7.91. The van der Waals surface area contributed by atoms with Gasteiger partial charge >= 0.3 is 0 Å². The van der Waals surface area contributed by atoms with Crippen molar-refractivity contribution in [2.24, 2.45) is 5.92 Å². The molecule has 3 nitrogen and oxygen atoms in total. The van der Waals surface area contributed by atoms with E-state index in [4.69, 9.17) is 0 Å². The molecule has 1 fully saturated rings. The Morgan fingerprint density at radius 1 is 1.07 bits per heavy atom. The maximum absolute atomic E-state index is 12.6. The van der Waals surface area contributed by atoms with Crippen molar-refractivity contribution < 1.29 is 4.79 Å². The Bertz CT molecular complexity index is 720. The quantitative estimate of drug-likeness (QED) is 0.792. The van der Waals surface area contributed by atoms with Gasteiger partial charge in [-0.1, -0.05) is 54.6 Å². The molecular formula is C24H32N2O. The van der Waals surface area contributed by atoms with Gasteiger partial charge in [0.1, 0.15) is 0 Å². The molecule has 0 unspecified atom stereocenters. The SMILES string of the molecule is Cc1ccccc1CN1CCC(C(=O)N[C@@H](C)CCc2ccccc2)CC1. The molecule has 0 radical (unpaired) electrons. The van der Waals surface area contributed by atoms with Crippen molar-refractivity contribution in [1.29, 1.82) is 0 Å². The third-order valence-electron chi connectivity index (χ3n) is 5.71. The maximum atomic E-state index is 12.6. The molecule has 0 saturated carbocycles. The van der Waals surface area contributed by atoms with Crippen molar-refractivity contribution in [3.63, 3.8) is 0 Å². The van der Waals surface area contributed by atoms with Gasteiger partial charge in [0, 0.05) is 18.5 Å². The van der Waals surface area contributed by atoms with Crippen LogP contribution in [0.5, 0.6) is 0 Å². The highest BCUT2D eigenvalue weighted by molar-refractivity contribution is 5.79. The van der Waals surface area contributed by atoms with Crippen LogP contribution >= 0.6 is 0 Å². The Morgan fingerprint density at radius 2 is 1.74 bits per heavy atom. The van der Waals surface area contributed by atoms with Gasteiger partial charge in [-0.05, 0) is 69.3 Å². The third kappa shape index (κ3) is 5.93.